The number of aromatic carboxylic acids is 1. The molecule has 0 aliphatic heterocycles. The number of anilines is 1. The Morgan fingerprint density at radius 2 is 1.64 bits per heavy atom. The van der Waals surface area contributed by atoms with E-state index in [1.807, 2.05) is 0 Å². The molecule has 114 valence electrons. The van der Waals surface area contributed by atoms with Crippen LogP contribution in [0.1, 0.15) is 20.7 Å². The van der Waals surface area contributed by atoms with Gasteiger partial charge in [0.15, 0.2) is 0 Å². The van der Waals surface area contributed by atoms with Crippen LogP contribution in [0.25, 0.3) is 0 Å². The van der Waals surface area contributed by atoms with Crippen molar-refractivity contribution in [2.24, 2.45) is 0 Å². The first kappa shape index (κ1) is 16.2. The lowest BCUT2D eigenvalue weighted by atomic mass is 10.1. The quantitative estimate of drug-likeness (QED) is 0.874. The lowest BCUT2D eigenvalue weighted by Crippen LogP contribution is -2.14. The Morgan fingerprint density at radius 3 is 2.27 bits per heavy atom. The van der Waals surface area contributed by atoms with Gasteiger partial charge in [-0.1, -0.05) is 23.2 Å². The normalized spacial score (nSPS) is 10.4. The highest BCUT2D eigenvalue weighted by Gasteiger charge is 2.18. The first-order chi connectivity index (χ1) is 10.3. The van der Waals surface area contributed by atoms with Crippen molar-refractivity contribution in [2.75, 3.05) is 5.32 Å². The molecule has 1 amide bonds. The standard InChI is InChI=1S/C14H7Cl2F2NO3/c15-10-2-1-6(17)3-8(10)13(20)19-11-5-7(18)4-9(12(11)16)14(21)22/h1-5H,(H,19,20)(H,21,22). The van der Waals surface area contributed by atoms with Gasteiger partial charge in [-0.2, -0.15) is 0 Å². The summed E-state index contributed by atoms with van der Waals surface area (Å²) in [6, 6.07) is 4.71. The molecular formula is C14H7Cl2F2NO3. The van der Waals surface area contributed by atoms with Crippen molar-refractivity contribution in [2.45, 2.75) is 0 Å². The molecule has 0 unspecified atom stereocenters. The fourth-order valence-electron chi connectivity index (χ4n) is 1.70. The van der Waals surface area contributed by atoms with Crippen LogP contribution in [0, 0.1) is 11.6 Å². The molecule has 2 N–H and O–H groups in total. The van der Waals surface area contributed by atoms with E-state index in [0.717, 1.165) is 24.3 Å². The number of rotatable bonds is 3. The molecule has 0 bridgehead atoms. The molecule has 0 heterocycles. The molecule has 0 aromatic heterocycles. The van der Waals surface area contributed by atoms with Crippen LogP contribution in [0.5, 0.6) is 0 Å². The average Bonchev–Trinajstić information content (AvgIpc) is 2.44. The highest BCUT2D eigenvalue weighted by molar-refractivity contribution is 6.37. The number of carboxylic acids is 1. The number of hydrogen-bond acceptors (Lipinski definition) is 2. The Balaban J connectivity index is 2.40. The summed E-state index contributed by atoms with van der Waals surface area (Å²) in [5, 5.41) is 10.7. The number of carbonyl (C=O) groups is 2. The molecule has 4 nitrogen and oxygen atoms in total. The largest absolute Gasteiger partial charge is 0.478 e. The third kappa shape index (κ3) is 3.35. The molecular weight excluding hydrogens is 339 g/mol. The minimum Gasteiger partial charge on any atom is -0.478 e. The Bertz CT molecular complexity index is 781. The minimum absolute atomic E-state index is 0.0233. The van der Waals surface area contributed by atoms with Gasteiger partial charge in [-0.15, -0.1) is 0 Å². The first-order valence-electron chi connectivity index (χ1n) is 5.78. The zero-order valence-electron chi connectivity index (χ0n) is 10.7. The number of carbonyl (C=O) groups excluding carboxylic acids is 1. The molecule has 0 fully saturated rings. The van der Waals surface area contributed by atoms with Crippen LogP contribution in [-0.4, -0.2) is 17.0 Å². The predicted molar refractivity (Wildman–Crippen MR) is 77.7 cm³/mol. The Hall–Kier alpha value is -2.18. The van der Waals surface area contributed by atoms with Gasteiger partial charge >= 0.3 is 5.97 Å². The van der Waals surface area contributed by atoms with Gasteiger partial charge in [0.25, 0.3) is 5.91 Å². The smallest absolute Gasteiger partial charge is 0.337 e. The van der Waals surface area contributed by atoms with Crippen molar-refractivity contribution >= 4 is 40.8 Å². The van der Waals surface area contributed by atoms with E-state index in [1.54, 1.807) is 0 Å². The molecule has 2 aromatic rings. The van der Waals surface area contributed by atoms with E-state index < -0.39 is 29.1 Å². The molecule has 0 saturated carbocycles. The van der Waals surface area contributed by atoms with E-state index in [0.29, 0.717) is 0 Å². The van der Waals surface area contributed by atoms with Crippen molar-refractivity contribution < 1.29 is 23.5 Å². The fourth-order valence-corrected chi connectivity index (χ4v) is 2.14. The van der Waals surface area contributed by atoms with Crippen molar-refractivity contribution in [1.82, 2.24) is 0 Å². The molecule has 8 heteroatoms. The Morgan fingerprint density at radius 1 is 1.00 bits per heavy atom. The predicted octanol–water partition coefficient (Wildman–Crippen LogP) is 4.22. The van der Waals surface area contributed by atoms with E-state index in [2.05, 4.69) is 5.32 Å². The summed E-state index contributed by atoms with van der Waals surface area (Å²) in [6.07, 6.45) is 0. The molecule has 0 radical (unpaired) electrons. The number of carboxylic acid groups (broad SMARTS) is 1. The maximum Gasteiger partial charge on any atom is 0.337 e. The average molecular weight is 346 g/mol. The summed E-state index contributed by atoms with van der Waals surface area (Å²) in [5.74, 6) is -3.90. The van der Waals surface area contributed by atoms with Gasteiger partial charge in [-0.3, -0.25) is 4.79 Å². The molecule has 0 aliphatic carbocycles. The number of nitrogens with one attached hydrogen (secondary N) is 1. The SMILES string of the molecule is O=C(Nc1cc(F)cc(C(=O)O)c1Cl)c1cc(F)ccc1Cl. The highest BCUT2D eigenvalue weighted by atomic mass is 35.5. The van der Waals surface area contributed by atoms with E-state index in [4.69, 9.17) is 28.3 Å². The molecule has 0 spiro atoms. The summed E-state index contributed by atoms with van der Waals surface area (Å²) < 4.78 is 26.6. The summed E-state index contributed by atoms with van der Waals surface area (Å²) in [7, 11) is 0. The van der Waals surface area contributed by atoms with Crippen molar-refractivity contribution in [3.63, 3.8) is 0 Å². The van der Waals surface area contributed by atoms with Gasteiger partial charge < -0.3 is 10.4 Å². The zero-order chi connectivity index (χ0) is 16.4. The van der Waals surface area contributed by atoms with Gasteiger partial charge in [-0.25, -0.2) is 13.6 Å². The number of halogens is 4. The van der Waals surface area contributed by atoms with Crippen molar-refractivity contribution in [3.8, 4) is 0 Å². The van der Waals surface area contributed by atoms with E-state index >= 15 is 0 Å². The van der Waals surface area contributed by atoms with Crippen LogP contribution >= 0.6 is 23.2 Å². The Kier molecular flexibility index (Phi) is 4.63. The first-order valence-corrected chi connectivity index (χ1v) is 6.54. The monoisotopic (exact) mass is 345 g/mol. The van der Waals surface area contributed by atoms with Crippen LogP contribution in [-0.2, 0) is 0 Å². The van der Waals surface area contributed by atoms with E-state index in [9.17, 15) is 18.4 Å². The number of amides is 1. The second kappa shape index (κ2) is 6.29. The number of hydrogen-bond donors (Lipinski definition) is 2. The van der Waals surface area contributed by atoms with Gasteiger partial charge in [0, 0.05) is 0 Å². The summed E-state index contributed by atoms with van der Waals surface area (Å²) in [4.78, 5) is 23.0. The lowest BCUT2D eigenvalue weighted by molar-refractivity contribution is 0.0696. The van der Waals surface area contributed by atoms with Crippen LogP contribution < -0.4 is 5.32 Å². The summed E-state index contributed by atoms with van der Waals surface area (Å²) >= 11 is 11.6. The molecule has 2 aromatic carbocycles. The highest BCUT2D eigenvalue weighted by Crippen LogP contribution is 2.29. The van der Waals surface area contributed by atoms with Crippen LogP contribution in [0.3, 0.4) is 0 Å². The minimum atomic E-state index is -1.45. The second-order valence-corrected chi connectivity index (χ2v) is 4.98. The summed E-state index contributed by atoms with van der Waals surface area (Å²) in [5.41, 5.74) is -0.967. The fraction of sp³-hybridized carbons (Fsp3) is 0. The van der Waals surface area contributed by atoms with Gasteiger partial charge in [0.05, 0.1) is 26.9 Å². The van der Waals surface area contributed by atoms with Crippen LogP contribution in [0.4, 0.5) is 14.5 Å². The summed E-state index contributed by atoms with van der Waals surface area (Å²) in [6.45, 7) is 0. The van der Waals surface area contributed by atoms with Gasteiger partial charge in [-0.05, 0) is 30.3 Å². The third-order valence-electron chi connectivity index (χ3n) is 2.69. The van der Waals surface area contributed by atoms with E-state index in [1.165, 1.54) is 6.07 Å². The lowest BCUT2D eigenvalue weighted by Gasteiger charge is -2.10. The molecule has 22 heavy (non-hydrogen) atoms. The van der Waals surface area contributed by atoms with Crippen molar-refractivity contribution in [3.05, 3.63) is 63.1 Å². The zero-order valence-corrected chi connectivity index (χ0v) is 12.2. The molecule has 0 saturated heterocycles. The topological polar surface area (TPSA) is 66.4 Å². The second-order valence-electron chi connectivity index (χ2n) is 4.20. The molecule has 0 atom stereocenters. The molecule has 2 rings (SSSR count). The van der Waals surface area contributed by atoms with Gasteiger partial charge in [0.1, 0.15) is 11.6 Å². The maximum atomic E-state index is 13.4. The van der Waals surface area contributed by atoms with E-state index in [-0.39, 0.29) is 21.3 Å². The van der Waals surface area contributed by atoms with Crippen LogP contribution in [0.15, 0.2) is 30.3 Å². The third-order valence-corrected chi connectivity index (χ3v) is 3.43. The molecule has 0 aliphatic rings. The Labute approximate surface area is 133 Å². The number of benzene rings is 2. The van der Waals surface area contributed by atoms with Crippen molar-refractivity contribution in [1.29, 1.82) is 0 Å². The van der Waals surface area contributed by atoms with Crippen LogP contribution in [0.2, 0.25) is 10.0 Å². The van der Waals surface area contributed by atoms with Gasteiger partial charge in [0.2, 0.25) is 0 Å². The maximum absolute atomic E-state index is 13.4.